The highest BCUT2D eigenvalue weighted by Crippen LogP contribution is 2.24. The number of benzene rings is 1. The molecule has 19 heavy (non-hydrogen) atoms. The molecule has 1 aliphatic carbocycles. The minimum Gasteiger partial charge on any atom is -0.339 e. The molecule has 1 aliphatic rings. The van der Waals surface area contributed by atoms with Crippen LogP contribution in [-0.2, 0) is 11.2 Å². The minimum absolute atomic E-state index is 0.256. The highest BCUT2D eigenvalue weighted by molar-refractivity contribution is 5.79. The summed E-state index contributed by atoms with van der Waals surface area (Å²) in [6, 6.07) is 10.5. The Morgan fingerprint density at radius 1 is 1.21 bits per heavy atom. The molecule has 0 bridgehead atoms. The lowest BCUT2D eigenvalue weighted by Gasteiger charge is -2.29. The summed E-state index contributed by atoms with van der Waals surface area (Å²) in [5.41, 5.74) is 6.69. The molecule has 2 rings (SSSR count). The van der Waals surface area contributed by atoms with Gasteiger partial charge in [0.25, 0.3) is 0 Å². The molecule has 1 saturated carbocycles. The first kappa shape index (κ1) is 14.1. The fourth-order valence-corrected chi connectivity index (χ4v) is 2.86. The molecule has 0 radical (unpaired) electrons. The first-order valence-electron chi connectivity index (χ1n) is 7.34. The molecule has 3 nitrogen and oxygen atoms in total. The van der Waals surface area contributed by atoms with Gasteiger partial charge >= 0.3 is 0 Å². The Morgan fingerprint density at radius 3 is 2.53 bits per heavy atom. The van der Waals surface area contributed by atoms with Crippen LogP contribution in [0.1, 0.15) is 37.7 Å². The van der Waals surface area contributed by atoms with Crippen LogP contribution in [-0.4, -0.2) is 29.9 Å². The summed E-state index contributed by atoms with van der Waals surface area (Å²) in [6.45, 7) is 1.47. The van der Waals surface area contributed by atoms with E-state index < -0.39 is 0 Å². The van der Waals surface area contributed by atoms with Crippen LogP contribution in [0.15, 0.2) is 30.3 Å². The van der Waals surface area contributed by atoms with Crippen molar-refractivity contribution in [3.63, 3.8) is 0 Å². The molecule has 2 N–H and O–H groups in total. The van der Waals surface area contributed by atoms with Gasteiger partial charge in [0.15, 0.2) is 0 Å². The van der Waals surface area contributed by atoms with Crippen molar-refractivity contribution in [2.75, 3.05) is 13.1 Å². The standard InChI is InChI=1S/C16H24N2O/c17-11-6-12-18(15-9-4-5-10-15)16(19)13-14-7-2-1-3-8-14/h1-3,7-8,15H,4-6,9-13,17H2. The average Bonchev–Trinajstić information content (AvgIpc) is 2.94. The highest BCUT2D eigenvalue weighted by atomic mass is 16.2. The maximum atomic E-state index is 12.5. The van der Waals surface area contributed by atoms with Crippen molar-refractivity contribution in [3.05, 3.63) is 35.9 Å². The van der Waals surface area contributed by atoms with Gasteiger partial charge in [0.05, 0.1) is 6.42 Å². The van der Waals surface area contributed by atoms with E-state index in [4.69, 9.17) is 5.73 Å². The average molecular weight is 260 g/mol. The largest absolute Gasteiger partial charge is 0.339 e. The van der Waals surface area contributed by atoms with E-state index in [1.165, 1.54) is 12.8 Å². The Balaban J connectivity index is 1.98. The van der Waals surface area contributed by atoms with Gasteiger partial charge in [-0.15, -0.1) is 0 Å². The van der Waals surface area contributed by atoms with Gasteiger partial charge in [-0.05, 0) is 31.4 Å². The van der Waals surface area contributed by atoms with Gasteiger partial charge in [-0.1, -0.05) is 43.2 Å². The van der Waals surface area contributed by atoms with Crippen LogP contribution in [0.3, 0.4) is 0 Å². The van der Waals surface area contributed by atoms with Gasteiger partial charge in [0, 0.05) is 12.6 Å². The highest BCUT2D eigenvalue weighted by Gasteiger charge is 2.25. The van der Waals surface area contributed by atoms with Crippen LogP contribution >= 0.6 is 0 Å². The number of nitrogens with zero attached hydrogens (tertiary/aromatic N) is 1. The molecule has 0 atom stereocenters. The van der Waals surface area contributed by atoms with E-state index in [1.54, 1.807) is 0 Å². The van der Waals surface area contributed by atoms with Crippen LogP contribution in [0, 0.1) is 0 Å². The molecule has 1 aromatic rings. The van der Waals surface area contributed by atoms with Crippen LogP contribution < -0.4 is 5.73 Å². The van der Waals surface area contributed by atoms with Crippen LogP contribution in [0.4, 0.5) is 0 Å². The van der Waals surface area contributed by atoms with Gasteiger partial charge < -0.3 is 10.6 Å². The lowest BCUT2D eigenvalue weighted by Crippen LogP contribution is -2.41. The van der Waals surface area contributed by atoms with Crippen molar-refractivity contribution in [1.82, 2.24) is 4.90 Å². The number of carbonyl (C=O) groups excluding carboxylic acids is 1. The van der Waals surface area contributed by atoms with E-state index in [9.17, 15) is 4.79 Å². The zero-order chi connectivity index (χ0) is 13.5. The van der Waals surface area contributed by atoms with E-state index in [-0.39, 0.29) is 5.91 Å². The number of amides is 1. The van der Waals surface area contributed by atoms with E-state index in [0.717, 1.165) is 31.4 Å². The minimum atomic E-state index is 0.256. The zero-order valence-electron chi connectivity index (χ0n) is 11.6. The number of hydrogen-bond donors (Lipinski definition) is 1. The van der Waals surface area contributed by atoms with Crippen molar-refractivity contribution >= 4 is 5.91 Å². The molecule has 3 heteroatoms. The van der Waals surface area contributed by atoms with Crippen molar-refractivity contribution in [1.29, 1.82) is 0 Å². The molecule has 0 saturated heterocycles. The predicted octanol–water partition coefficient (Wildman–Crippen LogP) is 2.35. The lowest BCUT2D eigenvalue weighted by molar-refractivity contribution is -0.132. The summed E-state index contributed by atoms with van der Waals surface area (Å²) >= 11 is 0. The maximum Gasteiger partial charge on any atom is 0.227 e. The SMILES string of the molecule is NCCCN(C(=O)Cc1ccccc1)C1CCCC1. The van der Waals surface area contributed by atoms with E-state index in [0.29, 0.717) is 19.0 Å². The second-order valence-corrected chi connectivity index (χ2v) is 5.33. The molecule has 0 heterocycles. The Bertz CT molecular complexity index is 385. The predicted molar refractivity (Wildman–Crippen MR) is 77.8 cm³/mol. The van der Waals surface area contributed by atoms with Crippen molar-refractivity contribution < 1.29 is 4.79 Å². The second-order valence-electron chi connectivity index (χ2n) is 5.33. The molecular formula is C16H24N2O. The molecule has 1 fully saturated rings. The molecule has 1 amide bonds. The fraction of sp³-hybridized carbons (Fsp3) is 0.562. The Labute approximate surface area is 115 Å². The quantitative estimate of drug-likeness (QED) is 0.853. The smallest absolute Gasteiger partial charge is 0.227 e. The third-order valence-corrected chi connectivity index (χ3v) is 3.89. The fourth-order valence-electron chi connectivity index (χ4n) is 2.86. The monoisotopic (exact) mass is 260 g/mol. The van der Waals surface area contributed by atoms with Crippen LogP contribution in [0.5, 0.6) is 0 Å². The van der Waals surface area contributed by atoms with E-state index >= 15 is 0 Å². The summed E-state index contributed by atoms with van der Waals surface area (Å²) in [6.07, 6.45) is 6.24. The van der Waals surface area contributed by atoms with E-state index in [1.807, 2.05) is 30.3 Å². The summed E-state index contributed by atoms with van der Waals surface area (Å²) in [4.78, 5) is 14.6. The van der Waals surface area contributed by atoms with Gasteiger partial charge in [-0.2, -0.15) is 0 Å². The maximum absolute atomic E-state index is 12.5. The van der Waals surface area contributed by atoms with E-state index in [2.05, 4.69) is 4.90 Å². The van der Waals surface area contributed by atoms with Gasteiger partial charge in [-0.25, -0.2) is 0 Å². The van der Waals surface area contributed by atoms with Gasteiger partial charge in [0.1, 0.15) is 0 Å². The summed E-state index contributed by atoms with van der Waals surface area (Å²) in [7, 11) is 0. The molecule has 0 spiro atoms. The molecular weight excluding hydrogens is 236 g/mol. The Morgan fingerprint density at radius 2 is 1.89 bits per heavy atom. The first-order valence-corrected chi connectivity index (χ1v) is 7.34. The van der Waals surface area contributed by atoms with Crippen LogP contribution in [0.2, 0.25) is 0 Å². The molecule has 0 unspecified atom stereocenters. The lowest BCUT2D eigenvalue weighted by atomic mass is 10.1. The summed E-state index contributed by atoms with van der Waals surface area (Å²) < 4.78 is 0. The van der Waals surface area contributed by atoms with Gasteiger partial charge in [0.2, 0.25) is 5.91 Å². The van der Waals surface area contributed by atoms with Crippen molar-refractivity contribution in [2.45, 2.75) is 44.6 Å². The molecule has 0 aromatic heterocycles. The van der Waals surface area contributed by atoms with Gasteiger partial charge in [-0.3, -0.25) is 4.79 Å². The molecule has 104 valence electrons. The number of rotatable bonds is 6. The number of nitrogens with two attached hydrogens (primary N) is 1. The molecule has 0 aliphatic heterocycles. The topological polar surface area (TPSA) is 46.3 Å². The number of hydrogen-bond acceptors (Lipinski definition) is 2. The summed E-state index contributed by atoms with van der Waals surface area (Å²) in [5, 5.41) is 0. The second kappa shape index (κ2) is 7.29. The third-order valence-electron chi connectivity index (χ3n) is 3.89. The molecule has 1 aromatic carbocycles. The normalized spacial score (nSPS) is 15.6. The third kappa shape index (κ3) is 4.06. The van der Waals surface area contributed by atoms with Crippen LogP contribution in [0.25, 0.3) is 0 Å². The Kier molecular flexibility index (Phi) is 5.40. The van der Waals surface area contributed by atoms with Crippen molar-refractivity contribution in [2.24, 2.45) is 5.73 Å². The summed E-state index contributed by atoms with van der Waals surface area (Å²) in [5.74, 6) is 0.256. The Hall–Kier alpha value is -1.35. The first-order chi connectivity index (χ1) is 9.31. The van der Waals surface area contributed by atoms with Crippen molar-refractivity contribution in [3.8, 4) is 0 Å². The number of carbonyl (C=O) groups is 1. The zero-order valence-corrected chi connectivity index (χ0v) is 11.6.